The number of hydrogen-bond donors (Lipinski definition) is 1. The largest absolute Gasteiger partial charge is 0.413 e. The molecular weight excluding hydrogens is 214 g/mol. The van der Waals surface area contributed by atoms with E-state index in [1.807, 2.05) is 0 Å². The van der Waals surface area contributed by atoms with Gasteiger partial charge in [-0.25, -0.2) is 0 Å². The fraction of sp³-hybridized carbons (Fsp3) is 0.846. The van der Waals surface area contributed by atoms with Gasteiger partial charge in [-0.15, -0.1) is 0 Å². The molecule has 0 radical (unpaired) electrons. The van der Waals surface area contributed by atoms with Crippen molar-refractivity contribution in [3.8, 4) is 0 Å². The van der Waals surface area contributed by atoms with E-state index in [2.05, 4.69) is 39.9 Å². The zero-order valence-electron chi connectivity index (χ0n) is 11.4. The molecule has 94 valence electrons. The summed E-state index contributed by atoms with van der Waals surface area (Å²) in [5.41, 5.74) is 7.63. The van der Waals surface area contributed by atoms with Crippen molar-refractivity contribution in [2.24, 2.45) is 11.1 Å². The minimum absolute atomic E-state index is 0.181. The van der Waals surface area contributed by atoms with Crippen molar-refractivity contribution < 1.29 is 4.43 Å². The maximum Gasteiger partial charge on any atom is 0.171 e. The van der Waals surface area contributed by atoms with E-state index in [1.165, 1.54) is 12.0 Å². The van der Waals surface area contributed by atoms with Crippen molar-refractivity contribution in [1.82, 2.24) is 0 Å². The minimum Gasteiger partial charge on any atom is -0.413 e. The van der Waals surface area contributed by atoms with Crippen LogP contribution in [0.2, 0.25) is 13.1 Å². The van der Waals surface area contributed by atoms with Gasteiger partial charge in [0.05, 0.1) is 6.10 Å². The SMILES string of the molecule is C[SiH](C)OC(C1=CC(N)CCC1)C(C)(C)C. The van der Waals surface area contributed by atoms with Crippen molar-refractivity contribution in [2.75, 3.05) is 0 Å². The second kappa shape index (κ2) is 5.47. The molecule has 0 spiro atoms. The molecule has 0 aromatic carbocycles. The lowest BCUT2D eigenvalue weighted by Crippen LogP contribution is -2.37. The summed E-state index contributed by atoms with van der Waals surface area (Å²) in [6.07, 6.45) is 6.01. The van der Waals surface area contributed by atoms with Crippen molar-refractivity contribution in [3.63, 3.8) is 0 Å². The molecule has 0 aromatic rings. The van der Waals surface area contributed by atoms with Crippen molar-refractivity contribution in [2.45, 2.75) is 65.3 Å². The molecule has 0 aliphatic heterocycles. The van der Waals surface area contributed by atoms with E-state index in [4.69, 9.17) is 10.2 Å². The zero-order valence-corrected chi connectivity index (χ0v) is 12.6. The number of rotatable bonds is 3. The highest BCUT2D eigenvalue weighted by atomic mass is 28.3. The van der Waals surface area contributed by atoms with Gasteiger partial charge in [-0.3, -0.25) is 0 Å². The first-order chi connectivity index (χ1) is 7.30. The van der Waals surface area contributed by atoms with Crippen LogP contribution in [-0.2, 0) is 4.43 Å². The van der Waals surface area contributed by atoms with Gasteiger partial charge in [-0.1, -0.05) is 26.8 Å². The Labute approximate surface area is 102 Å². The minimum atomic E-state index is -1.00. The maximum atomic E-state index is 6.22. The lowest BCUT2D eigenvalue weighted by atomic mass is 9.80. The van der Waals surface area contributed by atoms with Gasteiger partial charge in [0.25, 0.3) is 0 Å². The molecule has 2 unspecified atom stereocenters. The topological polar surface area (TPSA) is 35.2 Å². The Bertz CT molecular complexity index is 255. The van der Waals surface area contributed by atoms with Crippen molar-refractivity contribution in [3.05, 3.63) is 11.6 Å². The van der Waals surface area contributed by atoms with E-state index >= 15 is 0 Å². The normalized spacial score (nSPS) is 24.4. The molecule has 0 saturated carbocycles. The molecule has 16 heavy (non-hydrogen) atoms. The Morgan fingerprint density at radius 2 is 2.06 bits per heavy atom. The smallest absolute Gasteiger partial charge is 0.171 e. The molecule has 0 bridgehead atoms. The van der Waals surface area contributed by atoms with Crippen LogP contribution in [-0.4, -0.2) is 21.2 Å². The van der Waals surface area contributed by atoms with Gasteiger partial charge in [0, 0.05) is 6.04 Å². The summed E-state index contributed by atoms with van der Waals surface area (Å²) in [5.74, 6) is 0. The van der Waals surface area contributed by atoms with Crippen LogP contribution in [0.25, 0.3) is 0 Å². The lowest BCUT2D eigenvalue weighted by molar-refractivity contribution is 0.113. The number of hydrogen-bond acceptors (Lipinski definition) is 2. The van der Waals surface area contributed by atoms with Gasteiger partial charge in [-0.05, 0) is 43.3 Å². The van der Waals surface area contributed by atoms with Gasteiger partial charge >= 0.3 is 0 Å². The third kappa shape index (κ3) is 4.04. The molecule has 1 aliphatic carbocycles. The molecular formula is C13H27NOSi. The summed E-state index contributed by atoms with van der Waals surface area (Å²) in [5, 5.41) is 0. The average molecular weight is 241 g/mol. The Morgan fingerprint density at radius 1 is 1.44 bits per heavy atom. The maximum absolute atomic E-state index is 6.22. The highest BCUT2D eigenvalue weighted by Crippen LogP contribution is 2.33. The standard InChI is InChI=1S/C13H27NOSi/c1-13(2,3)12(15-16(4)5)10-7-6-8-11(14)9-10/h9,11-12,16H,6-8,14H2,1-5H3. The second-order valence-corrected chi connectivity index (χ2v) is 8.60. The first-order valence-corrected chi connectivity index (χ1v) is 9.20. The molecule has 0 heterocycles. The Kier molecular flexibility index (Phi) is 4.77. The quantitative estimate of drug-likeness (QED) is 0.609. The van der Waals surface area contributed by atoms with Crippen LogP contribution >= 0.6 is 0 Å². The Hall–Kier alpha value is -0.123. The Morgan fingerprint density at radius 3 is 2.50 bits per heavy atom. The van der Waals surface area contributed by atoms with Crippen LogP contribution in [0.3, 0.4) is 0 Å². The summed E-state index contributed by atoms with van der Waals surface area (Å²) in [6, 6.07) is 0.242. The van der Waals surface area contributed by atoms with Crippen LogP contribution < -0.4 is 5.73 Å². The van der Waals surface area contributed by atoms with Gasteiger partial charge in [0.1, 0.15) is 0 Å². The predicted octanol–water partition coefficient (Wildman–Crippen LogP) is 2.84. The lowest BCUT2D eigenvalue weighted by Gasteiger charge is -2.36. The molecule has 2 atom stereocenters. The first-order valence-electron chi connectivity index (χ1n) is 6.42. The van der Waals surface area contributed by atoms with E-state index in [0.29, 0.717) is 0 Å². The monoisotopic (exact) mass is 241 g/mol. The van der Waals surface area contributed by atoms with Crippen molar-refractivity contribution >= 4 is 9.04 Å². The van der Waals surface area contributed by atoms with E-state index in [-0.39, 0.29) is 17.6 Å². The highest BCUT2D eigenvalue weighted by molar-refractivity contribution is 6.48. The summed E-state index contributed by atoms with van der Waals surface area (Å²) in [4.78, 5) is 0. The van der Waals surface area contributed by atoms with Crippen LogP contribution in [0.4, 0.5) is 0 Å². The Balaban J connectivity index is 2.83. The van der Waals surface area contributed by atoms with Gasteiger partial charge < -0.3 is 10.2 Å². The summed E-state index contributed by atoms with van der Waals surface area (Å²) >= 11 is 0. The highest BCUT2D eigenvalue weighted by Gasteiger charge is 2.30. The van der Waals surface area contributed by atoms with Gasteiger partial charge in [-0.2, -0.15) is 0 Å². The van der Waals surface area contributed by atoms with E-state index in [0.717, 1.165) is 12.8 Å². The fourth-order valence-electron chi connectivity index (χ4n) is 2.32. The summed E-state index contributed by atoms with van der Waals surface area (Å²) in [7, 11) is -1.00. The van der Waals surface area contributed by atoms with Crippen LogP contribution in [0.5, 0.6) is 0 Å². The summed E-state index contributed by atoms with van der Waals surface area (Å²) in [6.45, 7) is 11.3. The molecule has 2 N–H and O–H groups in total. The molecule has 3 heteroatoms. The van der Waals surface area contributed by atoms with Gasteiger partial charge in [0.2, 0.25) is 0 Å². The zero-order chi connectivity index (χ0) is 12.3. The predicted molar refractivity (Wildman–Crippen MR) is 73.1 cm³/mol. The van der Waals surface area contributed by atoms with E-state index in [9.17, 15) is 0 Å². The molecule has 0 aromatic heterocycles. The molecule has 2 nitrogen and oxygen atoms in total. The molecule has 0 amide bonds. The third-order valence-electron chi connectivity index (χ3n) is 2.96. The first kappa shape index (κ1) is 13.9. The second-order valence-electron chi connectivity index (χ2n) is 6.23. The van der Waals surface area contributed by atoms with E-state index < -0.39 is 9.04 Å². The average Bonchev–Trinajstić information content (AvgIpc) is 2.12. The van der Waals surface area contributed by atoms with Gasteiger partial charge in [0.15, 0.2) is 9.04 Å². The van der Waals surface area contributed by atoms with Crippen molar-refractivity contribution in [1.29, 1.82) is 0 Å². The number of nitrogens with two attached hydrogens (primary N) is 1. The third-order valence-corrected chi connectivity index (χ3v) is 3.78. The fourth-order valence-corrected chi connectivity index (χ4v) is 3.45. The molecule has 1 aliphatic rings. The molecule has 1 rings (SSSR count). The van der Waals surface area contributed by atoms with E-state index in [1.54, 1.807) is 0 Å². The summed E-state index contributed by atoms with van der Waals surface area (Å²) < 4.78 is 6.22. The molecule has 0 fully saturated rings. The van der Waals surface area contributed by atoms with Crippen LogP contribution in [0.15, 0.2) is 11.6 Å². The van der Waals surface area contributed by atoms with Crippen LogP contribution in [0.1, 0.15) is 40.0 Å². The van der Waals surface area contributed by atoms with Crippen LogP contribution in [0, 0.1) is 5.41 Å². The molecule has 0 saturated heterocycles.